The summed E-state index contributed by atoms with van der Waals surface area (Å²) in [6.45, 7) is 2.17. The van der Waals surface area contributed by atoms with Crippen LogP contribution in [0.2, 0.25) is 0 Å². The normalized spacial score (nSPS) is 15.9. The van der Waals surface area contributed by atoms with Gasteiger partial charge in [-0.25, -0.2) is 0 Å². The van der Waals surface area contributed by atoms with Crippen LogP contribution in [0.25, 0.3) is 16.8 Å². The fourth-order valence-electron chi connectivity index (χ4n) is 3.69. The van der Waals surface area contributed by atoms with Gasteiger partial charge in [-0.05, 0) is 40.5 Å². The van der Waals surface area contributed by atoms with E-state index in [-0.39, 0.29) is 0 Å². The molecule has 0 amide bonds. The fraction of sp³-hybridized carbons (Fsp3) is 0.182. The van der Waals surface area contributed by atoms with Gasteiger partial charge in [0.2, 0.25) is 0 Å². The zero-order valence-electron chi connectivity index (χ0n) is 13.9. The van der Waals surface area contributed by atoms with Gasteiger partial charge in [0.15, 0.2) is 0 Å². The maximum Gasteiger partial charge on any atom is 0.0403 e. The Labute approximate surface area is 137 Å². The first-order valence-corrected chi connectivity index (χ1v) is 8.13. The summed E-state index contributed by atoms with van der Waals surface area (Å²) in [6.07, 6.45) is 4.62. The number of benzene rings is 3. The molecule has 0 spiro atoms. The van der Waals surface area contributed by atoms with E-state index in [1.165, 1.54) is 38.7 Å². The highest BCUT2D eigenvalue weighted by Crippen LogP contribution is 2.42. The largest absolute Gasteiger partial charge is 0.377 e. The van der Waals surface area contributed by atoms with E-state index in [0.29, 0.717) is 5.92 Å². The van der Waals surface area contributed by atoms with Gasteiger partial charge in [-0.2, -0.15) is 0 Å². The van der Waals surface area contributed by atoms with Gasteiger partial charge in [0.25, 0.3) is 0 Å². The molecule has 1 unspecified atom stereocenters. The second-order valence-electron chi connectivity index (χ2n) is 6.58. The molecule has 23 heavy (non-hydrogen) atoms. The van der Waals surface area contributed by atoms with Crippen LogP contribution in [0.3, 0.4) is 0 Å². The molecule has 0 N–H and O–H groups in total. The number of fused-ring (bicyclic) bond motifs is 3. The summed E-state index contributed by atoms with van der Waals surface area (Å²) in [7, 11) is 4.24. The topological polar surface area (TPSA) is 3.24 Å². The summed E-state index contributed by atoms with van der Waals surface area (Å²) in [6, 6.07) is 20.0. The van der Waals surface area contributed by atoms with E-state index >= 15 is 0 Å². The molecule has 1 atom stereocenters. The number of aryl methyl sites for hydroxylation is 1. The van der Waals surface area contributed by atoms with Crippen molar-refractivity contribution in [2.24, 2.45) is 0 Å². The van der Waals surface area contributed by atoms with Crippen LogP contribution in [0.5, 0.6) is 0 Å². The van der Waals surface area contributed by atoms with Crippen LogP contribution < -0.4 is 4.90 Å². The second-order valence-corrected chi connectivity index (χ2v) is 6.58. The lowest BCUT2D eigenvalue weighted by atomic mass is 9.87. The minimum Gasteiger partial charge on any atom is -0.377 e. The van der Waals surface area contributed by atoms with Crippen molar-refractivity contribution >= 4 is 22.5 Å². The predicted molar refractivity (Wildman–Crippen MR) is 100 cm³/mol. The minimum absolute atomic E-state index is 0.327. The number of allylic oxidation sites excluding steroid dienone is 1. The summed E-state index contributed by atoms with van der Waals surface area (Å²) in [5.41, 5.74) is 6.79. The number of anilines is 1. The maximum absolute atomic E-state index is 2.35. The van der Waals surface area contributed by atoms with Crippen molar-refractivity contribution in [1.82, 2.24) is 0 Å². The summed E-state index contributed by atoms with van der Waals surface area (Å²) in [4.78, 5) is 2.21. The summed E-state index contributed by atoms with van der Waals surface area (Å²) < 4.78 is 0. The van der Waals surface area contributed by atoms with Crippen molar-refractivity contribution in [3.8, 4) is 0 Å². The van der Waals surface area contributed by atoms with Gasteiger partial charge in [0.05, 0.1) is 0 Å². The van der Waals surface area contributed by atoms with Crippen LogP contribution in [-0.2, 0) is 0 Å². The van der Waals surface area contributed by atoms with E-state index in [1.807, 2.05) is 0 Å². The molecular weight excluding hydrogens is 278 g/mol. The Morgan fingerprint density at radius 2 is 1.74 bits per heavy atom. The van der Waals surface area contributed by atoms with Gasteiger partial charge in [-0.15, -0.1) is 0 Å². The van der Waals surface area contributed by atoms with Crippen LogP contribution >= 0.6 is 0 Å². The second kappa shape index (κ2) is 5.27. The van der Waals surface area contributed by atoms with Gasteiger partial charge in [-0.3, -0.25) is 0 Å². The molecule has 0 heterocycles. The van der Waals surface area contributed by atoms with Crippen LogP contribution in [-0.4, -0.2) is 14.1 Å². The van der Waals surface area contributed by atoms with Gasteiger partial charge < -0.3 is 4.90 Å². The summed E-state index contributed by atoms with van der Waals surface area (Å²) >= 11 is 0. The van der Waals surface area contributed by atoms with E-state index in [0.717, 1.165) is 0 Å². The molecule has 1 heteroatoms. The lowest BCUT2D eigenvalue weighted by Crippen LogP contribution is -2.13. The molecule has 1 aliphatic rings. The van der Waals surface area contributed by atoms with Gasteiger partial charge >= 0.3 is 0 Å². The Morgan fingerprint density at radius 3 is 2.57 bits per heavy atom. The van der Waals surface area contributed by atoms with Crippen molar-refractivity contribution in [2.75, 3.05) is 19.0 Å². The molecule has 1 nitrogen and oxygen atoms in total. The minimum atomic E-state index is 0.327. The maximum atomic E-state index is 2.35. The van der Waals surface area contributed by atoms with Gasteiger partial charge in [0, 0.05) is 25.7 Å². The van der Waals surface area contributed by atoms with Crippen molar-refractivity contribution < 1.29 is 0 Å². The van der Waals surface area contributed by atoms with Gasteiger partial charge in [-0.1, -0.05) is 66.2 Å². The lowest BCUT2D eigenvalue weighted by molar-refractivity contribution is 1.02. The monoisotopic (exact) mass is 299 g/mol. The first-order valence-electron chi connectivity index (χ1n) is 8.13. The highest BCUT2D eigenvalue weighted by Gasteiger charge is 2.24. The molecule has 3 aromatic rings. The molecule has 0 saturated heterocycles. The fourth-order valence-corrected chi connectivity index (χ4v) is 3.69. The molecule has 0 fully saturated rings. The first kappa shape index (κ1) is 14.1. The SMILES string of the molecule is Cc1ccc(N(C)C)c(C2C=Cc3ccc4ccccc4c32)c1. The third-order valence-electron chi connectivity index (χ3n) is 4.78. The van der Waals surface area contributed by atoms with E-state index in [1.54, 1.807) is 0 Å². The Balaban J connectivity index is 1.97. The number of hydrogen-bond acceptors (Lipinski definition) is 1. The molecule has 0 bridgehead atoms. The Hall–Kier alpha value is -2.54. The molecule has 1 aliphatic carbocycles. The standard InChI is InChI=1S/C22H21N/c1-15-8-13-21(23(2)3)20(14-15)19-12-11-17-10-9-16-6-4-5-7-18(16)22(17)19/h4-14,19H,1-3H3. The molecule has 0 saturated carbocycles. The van der Waals surface area contributed by atoms with Crippen LogP contribution in [0.15, 0.2) is 60.7 Å². The molecular formula is C22H21N. The van der Waals surface area contributed by atoms with Crippen molar-refractivity contribution in [2.45, 2.75) is 12.8 Å². The van der Waals surface area contributed by atoms with E-state index in [9.17, 15) is 0 Å². The molecule has 4 rings (SSSR count). The number of hydrogen-bond donors (Lipinski definition) is 0. The predicted octanol–water partition coefficient (Wildman–Crippen LogP) is 5.37. The average Bonchev–Trinajstić information content (AvgIpc) is 2.99. The Morgan fingerprint density at radius 1 is 0.913 bits per heavy atom. The summed E-state index contributed by atoms with van der Waals surface area (Å²) in [5.74, 6) is 0.327. The third kappa shape index (κ3) is 2.24. The van der Waals surface area contributed by atoms with E-state index in [2.05, 4.69) is 92.7 Å². The molecule has 0 aromatic heterocycles. The smallest absolute Gasteiger partial charge is 0.0403 e. The highest BCUT2D eigenvalue weighted by atomic mass is 15.1. The lowest BCUT2D eigenvalue weighted by Gasteiger charge is -2.23. The number of nitrogens with zero attached hydrogens (tertiary/aromatic N) is 1. The van der Waals surface area contributed by atoms with Crippen LogP contribution in [0, 0.1) is 6.92 Å². The van der Waals surface area contributed by atoms with Crippen molar-refractivity contribution in [3.63, 3.8) is 0 Å². The third-order valence-corrected chi connectivity index (χ3v) is 4.78. The average molecular weight is 299 g/mol. The highest BCUT2D eigenvalue weighted by molar-refractivity contribution is 5.92. The first-order chi connectivity index (χ1) is 11.1. The Bertz CT molecular complexity index is 918. The van der Waals surface area contributed by atoms with E-state index in [4.69, 9.17) is 0 Å². The zero-order chi connectivity index (χ0) is 16.0. The Kier molecular flexibility index (Phi) is 3.23. The van der Waals surface area contributed by atoms with Gasteiger partial charge in [0.1, 0.15) is 0 Å². The molecule has 0 radical (unpaired) electrons. The molecule has 3 aromatic carbocycles. The zero-order valence-corrected chi connectivity index (χ0v) is 13.9. The van der Waals surface area contributed by atoms with E-state index < -0.39 is 0 Å². The number of rotatable bonds is 2. The molecule has 114 valence electrons. The summed E-state index contributed by atoms with van der Waals surface area (Å²) in [5, 5.41) is 2.69. The quantitative estimate of drug-likeness (QED) is 0.614. The van der Waals surface area contributed by atoms with Crippen molar-refractivity contribution in [1.29, 1.82) is 0 Å². The van der Waals surface area contributed by atoms with Crippen LogP contribution in [0.1, 0.15) is 28.2 Å². The van der Waals surface area contributed by atoms with Crippen molar-refractivity contribution in [3.05, 3.63) is 82.9 Å². The van der Waals surface area contributed by atoms with Crippen LogP contribution in [0.4, 0.5) is 5.69 Å². The molecule has 0 aliphatic heterocycles.